The van der Waals surface area contributed by atoms with Gasteiger partial charge < -0.3 is 10.2 Å². The van der Waals surface area contributed by atoms with E-state index in [1.54, 1.807) is 36.4 Å². The van der Waals surface area contributed by atoms with Crippen LogP contribution in [-0.2, 0) is 10.0 Å². The summed E-state index contributed by atoms with van der Waals surface area (Å²) in [6.07, 6.45) is 2.18. The fraction of sp³-hybridized carbons (Fsp3) is 0.333. The van der Waals surface area contributed by atoms with E-state index in [1.165, 1.54) is 16.4 Å². The second-order valence-corrected chi connectivity index (χ2v) is 9.59. The van der Waals surface area contributed by atoms with Crippen molar-refractivity contribution in [2.75, 3.05) is 36.4 Å². The standard InChI is InChI=1S/C21H22FN5O2S/c22-15-6-9-18-19(14-15)25-21(20(24-18)23-16-7-8-16)26-10-12-27(13-11-26)30(28,29)17-4-2-1-3-5-17/h1-6,9,14,16H,7-8,10-13H2,(H,23,24). The molecule has 1 aromatic heterocycles. The van der Waals surface area contributed by atoms with Crippen LogP contribution in [0.25, 0.3) is 11.0 Å². The zero-order chi connectivity index (χ0) is 20.7. The number of sulfonamides is 1. The van der Waals surface area contributed by atoms with Gasteiger partial charge in [-0.3, -0.25) is 0 Å². The van der Waals surface area contributed by atoms with Gasteiger partial charge in [-0.2, -0.15) is 4.31 Å². The van der Waals surface area contributed by atoms with Crippen LogP contribution >= 0.6 is 0 Å². The van der Waals surface area contributed by atoms with Crippen LogP contribution in [0.4, 0.5) is 16.0 Å². The van der Waals surface area contributed by atoms with Crippen molar-refractivity contribution in [2.45, 2.75) is 23.8 Å². The number of rotatable bonds is 5. The third-order valence-corrected chi connectivity index (χ3v) is 7.36. The lowest BCUT2D eigenvalue weighted by molar-refractivity contribution is 0.384. The number of piperazine rings is 1. The van der Waals surface area contributed by atoms with Gasteiger partial charge in [0.15, 0.2) is 11.6 Å². The number of benzene rings is 2. The first kappa shape index (κ1) is 19.2. The Labute approximate surface area is 174 Å². The molecule has 1 saturated heterocycles. The minimum absolute atomic E-state index is 0.301. The Kier molecular flexibility index (Phi) is 4.79. The fourth-order valence-corrected chi connectivity index (χ4v) is 5.08. The van der Waals surface area contributed by atoms with Gasteiger partial charge in [-0.25, -0.2) is 22.8 Å². The highest BCUT2D eigenvalue weighted by molar-refractivity contribution is 7.89. The molecule has 9 heteroatoms. The van der Waals surface area contributed by atoms with Gasteiger partial charge in [-0.1, -0.05) is 18.2 Å². The molecule has 1 saturated carbocycles. The van der Waals surface area contributed by atoms with Crippen molar-refractivity contribution in [3.05, 3.63) is 54.3 Å². The first-order valence-corrected chi connectivity index (χ1v) is 11.5. The Bertz CT molecular complexity index is 1180. The number of nitrogens with one attached hydrogen (secondary N) is 1. The lowest BCUT2D eigenvalue weighted by atomic mass is 10.2. The van der Waals surface area contributed by atoms with Gasteiger partial charge in [0.1, 0.15) is 5.82 Å². The molecule has 0 radical (unpaired) electrons. The average Bonchev–Trinajstić information content (AvgIpc) is 3.58. The summed E-state index contributed by atoms with van der Waals surface area (Å²) in [7, 11) is -3.52. The second kappa shape index (κ2) is 7.48. The van der Waals surface area contributed by atoms with Gasteiger partial charge in [0.2, 0.25) is 10.0 Å². The van der Waals surface area contributed by atoms with Gasteiger partial charge in [-0.15, -0.1) is 0 Å². The number of fused-ring (bicyclic) bond motifs is 1. The summed E-state index contributed by atoms with van der Waals surface area (Å²) < 4.78 is 41.0. The summed E-state index contributed by atoms with van der Waals surface area (Å²) >= 11 is 0. The predicted octanol–water partition coefficient (Wildman–Crippen LogP) is 2.85. The number of hydrogen-bond donors (Lipinski definition) is 1. The van der Waals surface area contributed by atoms with Crippen molar-refractivity contribution in [3.63, 3.8) is 0 Å². The molecule has 0 unspecified atom stereocenters. The monoisotopic (exact) mass is 427 g/mol. The Balaban J connectivity index is 1.41. The maximum atomic E-state index is 13.7. The van der Waals surface area contributed by atoms with E-state index in [9.17, 15) is 12.8 Å². The molecule has 30 heavy (non-hydrogen) atoms. The third kappa shape index (κ3) is 3.70. The van der Waals surface area contributed by atoms with Crippen LogP contribution in [0, 0.1) is 5.82 Å². The maximum Gasteiger partial charge on any atom is 0.243 e. The van der Waals surface area contributed by atoms with Crippen molar-refractivity contribution in [3.8, 4) is 0 Å². The number of aromatic nitrogens is 2. The van der Waals surface area contributed by atoms with Crippen LogP contribution in [-0.4, -0.2) is 54.9 Å². The summed E-state index contributed by atoms with van der Waals surface area (Å²) in [5, 5.41) is 3.41. The molecule has 0 amide bonds. The van der Waals surface area contributed by atoms with Crippen LogP contribution in [0.3, 0.4) is 0 Å². The highest BCUT2D eigenvalue weighted by Gasteiger charge is 2.31. The molecule has 1 aliphatic heterocycles. The van der Waals surface area contributed by atoms with Crippen LogP contribution in [0.15, 0.2) is 53.4 Å². The van der Waals surface area contributed by atoms with E-state index in [4.69, 9.17) is 0 Å². The van der Waals surface area contributed by atoms with Crippen LogP contribution in [0.5, 0.6) is 0 Å². The SMILES string of the molecule is O=S(=O)(c1ccccc1)N1CCN(c2nc3cc(F)ccc3nc2NC2CC2)CC1. The van der Waals surface area contributed by atoms with E-state index >= 15 is 0 Å². The molecule has 5 rings (SSSR count). The van der Waals surface area contributed by atoms with Gasteiger partial charge >= 0.3 is 0 Å². The number of nitrogens with zero attached hydrogens (tertiary/aromatic N) is 4. The second-order valence-electron chi connectivity index (χ2n) is 7.65. The molecular weight excluding hydrogens is 405 g/mol. The fourth-order valence-electron chi connectivity index (χ4n) is 3.64. The Morgan fingerprint density at radius 3 is 2.37 bits per heavy atom. The predicted molar refractivity (Wildman–Crippen MR) is 114 cm³/mol. The normalized spacial score (nSPS) is 18.0. The van der Waals surface area contributed by atoms with Crippen molar-refractivity contribution >= 4 is 32.7 Å². The van der Waals surface area contributed by atoms with Gasteiger partial charge in [0.05, 0.1) is 15.9 Å². The van der Waals surface area contributed by atoms with Crippen molar-refractivity contribution in [1.29, 1.82) is 0 Å². The number of hydrogen-bond acceptors (Lipinski definition) is 6. The Hall–Kier alpha value is -2.78. The van der Waals surface area contributed by atoms with Crippen LogP contribution < -0.4 is 10.2 Å². The number of halogens is 1. The molecule has 3 aromatic rings. The lowest BCUT2D eigenvalue weighted by Crippen LogP contribution is -2.49. The molecule has 0 spiro atoms. The van der Waals surface area contributed by atoms with Crippen molar-refractivity contribution in [2.24, 2.45) is 0 Å². The quantitative estimate of drug-likeness (QED) is 0.675. The van der Waals surface area contributed by atoms with Crippen LogP contribution in [0.1, 0.15) is 12.8 Å². The lowest BCUT2D eigenvalue weighted by Gasteiger charge is -2.35. The first-order chi connectivity index (χ1) is 14.5. The summed E-state index contributed by atoms with van der Waals surface area (Å²) in [6.45, 7) is 1.67. The van der Waals surface area contributed by atoms with Crippen molar-refractivity contribution in [1.82, 2.24) is 14.3 Å². The molecule has 0 atom stereocenters. The summed E-state index contributed by atoms with van der Waals surface area (Å²) in [4.78, 5) is 11.7. The number of anilines is 2. The molecule has 1 aliphatic carbocycles. The summed E-state index contributed by atoms with van der Waals surface area (Å²) in [6, 6.07) is 13.2. The molecular formula is C21H22FN5O2S. The van der Waals surface area contributed by atoms with E-state index in [0.29, 0.717) is 59.8 Å². The summed E-state index contributed by atoms with van der Waals surface area (Å²) in [5.74, 6) is 0.970. The highest BCUT2D eigenvalue weighted by atomic mass is 32.2. The molecule has 2 fully saturated rings. The highest BCUT2D eigenvalue weighted by Crippen LogP contribution is 2.32. The third-order valence-electron chi connectivity index (χ3n) is 5.45. The topological polar surface area (TPSA) is 78.4 Å². The minimum atomic E-state index is -3.52. The zero-order valence-electron chi connectivity index (χ0n) is 16.3. The average molecular weight is 428 g/mol. The molecule has 7 nitrogen and oxygen atoms in total. The van der Waals surface area contributed by atoms with Crippen LogP contribution in [0.2, 0.25) is 0 Å². The van der Waals surface area contributed by atoms with E-state index in [2.05, 4.69) is 15.3 Å². The largest absolute Gasteiger partial charge is 0.364 e. The smallest absolute Gasteiger partial charge is 0.243 e. The maximum absolute atomic E-state index is 13.7. The zero-order valence-corrected chi connectivity index (χ0v) is 17.1. The molecule has 2 heterocycles. The van der Waals surface area contributed by atoms with Gasteiger partial charge in [-0.05, 0) is 37.1 Å². The van der Waals surface area contributed by atoms with E-state index in [0.717, 1.165) is 12.8 Å². The molecule has 1 N–H and O–H groups in total. The van der Waals surface area contributed by atoms with Gasteiger partial charge in [0.25, 0.3) is 0 Å². The van der Waals surface area contributed by atoms with E-state index < -0.39 is 10.0 Å². The first-order valence-electron chi connectivity index (χ1n) is 10.0. The van der Waals surface area contributed by atoms with E-state index in [-0.39, 0.29) is 5.82 Å². The molecule has 2 aromatic carbocycles. The summed E-state index contributed by atoms with van der Waals surface area (Å²) in [5.41, 5.74) is 1.12. The molecule has 0 bridgehead atoms. The Morgan fingerprint density at radius 2 is 1.67 bits per heavy atom. The van der Waals surface area contributed by atoms with E-state index in [1.807, 2.05) is 4.90 Å². The van der Waals surface area contributed by atoms with Gasteiger partial charge in [0, 0.05) is 38.3 Å². The minimum Gasteiger partial charge on any atom is -0.364 e. The molecule has 2 aliphatic rings. The molecule has 156 valence electrons. The Morgan fingerprint density at radius 1 is 0.933 bits per heavy atom. The van der Waals surface area contributed by atoms with Crippen molar-refractivity contribution < 1.29 is 12.8 Å².